The lowest BCUT2D eigenvalue weighted by Gasteiger charge is -2.43. The van der Waals surface area contributed by atoms with Crippen molar-refractivity contribution in [3.8, 4) is 11.5 Å². The first-order valence-electron chi connectivity index (χ1n) is 14.5. The van der Waals surface area contributed by atoms with Crippen molar-refractivity contribution < 1.29 is 36.2 Å². The Hall–Kier alpha value is -3.19. The van der Waals surface area contributed by atoms with Crippen LogP contribution in [-0.4, -0.2) is 49.6 Å². The van der Waals surface area contributed by atoms with E-state index in [-0.39, 0.29) is 59.0 Å². The number of benzene rings is 1. The summed E-state index contributed by atoms with van der Waals surface area (Å²) in [5.41, 5.74) is -1.78. The SMILES string of the molecule is C[Si](C)(C)CCOCn1cc(C2(C(F)(F)F)CCC2)c2c(Oc3c(F)cc(NC4=NCC5(CC5)CO4)cc3F)ccnc21. The monoisotopic (exact) mass is 622 g/mol. The highest BCUT2D eigenvalue weighted by molar-refractivity contribution is 6.76. The zero-order chi connectivity index (χ0) is 30.6. The van der Waals surface area contributed by atoms with Gasteiger partial charge in [0.05, 0.1) is 24.0 Å². The number of fused-ring (bicyclic) bond motifs is 1. The molecule has 43 heavy (non-hydrogen) atoms. The van der Waals surface area contributed by atoms with Crippen LogP contribution in [0.25, 0.3) is 11.0 Å². The molecule has 3 aliphatic rings. The van der Waals surface area contributed by atoms with E-state index < -0.39 is 37.0 Å². The van der Waals surface area contributed by atoms with Gasteiger partial charge in [0.2, 0.25) is 0 Å². The molecular weight excluding hydrogens is 587 g/mol. The predicted octanol–water partition coefficient (Wildman–Crippen LogP) is 7.98. The molecule has 1 N–H and O–H groups in total. The van der Waals surface area contributed by atoms with E-state index in [0.717, 1.165) is 31.0 Å². The molecule has 232 valence electrons. The van der Waals surface area contributed by atoms with Crippen molar-refractivity contribution in [2.24, 2.45) is 10.4 Å². The fourth-order valence-electron chi connectivity index (χ4n) is 5.58. The number of nitrogens with one attached hydrogen (secondary N) is 1. The fraction of sp³-hybridized carbons (Fsp3) is 0.533. The maximum absolute atomic E-state index is 15.3. The number of ether oxygens (including phenoxy) is 3. The summed E-state index contributed by atoms with van der Waals surface area (Å²) in [6, 6.07) is 4.46. The van der Waals surface area contributed by atoms with E-state index in [4.69, 9.17) is 14.2 Å². The van der Waals surface area contributed by atoms with Crippen LogP contribution in [0, 0.1) is 17.0 Å². The fourth-order valence-corrected chi connectivity index (χ4v) is 6.34. The number of hydrogen-bond acceptors (Lipinski definition) is 6. The largest absolute Gasteiger partial charge is 0.464 e. The lowest BCUT2D eigenvalue weighted by atomic mass is 9.64. The van der Waals surface area contributed by atoms with Gasteiger partial charge in [0.1, 0.15) is 18.1 Å². The molecule has 0 saturated heterocycles. The van der Waals surface area contributed by atoms with Gasteiger partial charge in [-0.05, 0) is 43.4 Å². The zero-order valence-electron chi connectivity index (χ0n) is 24.4. The summed E-state index contributed by atoms with van der Waals surface area (Å²) in [5, 5.41) is 2.85. The first-order chi connectivity index (χ1) is 20.3. The number of aliphatic imine (C=N–C) groups is 1. The molecule has 1 aromatic carbocycles. The molecular formula is C30H35F5N4O3Si. The van der Waals surface area contributed by atoms with E-state index in [0.29, 0.717) is 26.2 Å². The van der Waals surface area contributed by atoms with E-state index >= 15 is 8.78 Å². The molecule has 0 unspecified atom stereocenters. The molecule has 13 heteroatoms. The van der Waals surface area contributed by atoms with Gasteiger partial charge in [0, 0.05) is 50.3 Å². The Balaban J connectivity index is 1.32. The molecule has 7 nitrogen and oxygen atoms in total. The number of rotatable bonds is 9. The van der Waals surface area contributed by atoms with Crippen molar-refractivity contribution in [2.45, 2.75) is 76.1 Å². The highest BCUT2D eigenvalue weighted by atomic mass is 28.3. The van der Waals surface area contributed by atoms with Crippen LogP contribution >= 0.6 is 0 Å². The second-order valence-corrected chi connectivity index (χ2v) is 18.8. The average Bonchev–Trinajstić information content (AvgIpc) is 3.55. The molecule has 0 atom stereocenters. The minimum Gasteiger partial charge on any atom is -0.464 e. The van der Waals surface area contributed by atoms with Crippen LogP contribution < -0.4 is 10.1 Å². The first kappa shape index (κ1) is 29.9. The Kier molecular flexibility index (Phi) is 7.47. The lowest BCUT2D eigenvalue weighted by molar-refractivity contribution is -0.212. The third kappa shape index (κ3) is 5.85. The van der Waals surface area contributed by atoms with E-state index in [1.807, 2.05) is 0 Å². The van der Waals surface area contributed by atoms with Gasteiger partial charge in [-0.2, -0.15) is 13.2 Å². The Labute approximate surface area is 247 Å². The molecule has 1 spiro atoms. The van der Waals surface area contributed by atoms with Crippen molar-refractivity contribution in [3.05, 3.63) is 47.8 Å². The maximum Gasteiger partial charge on any atom is 0.398 e. The van der Waals surface area contributed by atoms with Crippen molar-refractivity contribution in [3.63, 3.8) is 0 Å². The molecule has 2 aromatic heterocycles. The van der Waals surface area contributed by atoms with Crippen molar-refractivity contribution in [2.75, 3.05) is 25.1 Å². The minimum atomic E-state index is -4.54. The molecule has 3 aromatic rings. The average molecular weight is 623 g/mol. The number of aromatic nitrogens is 2. The van der Waals surface area contributed by atoms with Crippen LogP contribution in [0.15, 0.2) is 35.6 Å². The number of halogens is 5. The van der Waals surface area contributed by atoms with Gasteiger partial charge in [-0.15, -0.1) is 0 Å². The number of hydrogen-bond donors (Lipinski definition) is 1. The summed E-state index contributed by atoms with van der Waals surface area (Å²) >= 11 is 0. The Bertz CT molecular complexity index is 1530. The molecule has 0 bridgehead atoms. The Morgan fingerprint density at radius 1 is 1.09 bits per heavy atom. The topological polar surface area (TPSA) is 69.9 Å². The van der Waals surface area contributed by atoms with E-state index in [9.17, 15) is 13.2 Å². The second kappa shape index (κ2) is 10.8. The number of nitrogens with zero attached hydrogens (tertiary/aromatic N) is 3. The Morgan fingerprint density at radius 3 is 2.37 bits per heavy atom. The number of pyridine rings is 1. The molecule has 3 heterocycles. The van der Waals surface area contributed by atoms with Crippen molar-refractivity contribution >= 4 is 30.8 Å². The van der Waals surface area contributed by atoms with Gasteiger partial charge in [-0.1, -0.05) is 26.1 Å². The summed E-state index contributed by atoms with van der Waals surface area (Å²) in [7, 11) is -1.39. The van der Waals surface area contributed by atoms with E-state index in [1.54, 1.807) is 0 Å². The Morgan fingerprint density at radius 2 is 1.81 bits per heavy atom. The second-order valence-electron chi connectivity index (χ2n) is 13.2. The lowest BCUT2D eigenvalue weighted by Crippen LogP contribution is -2.47. The number of anilines is 1. The van der Waals surface area contributed by atoms with Crippen molar-refractivity contribution in [1.29, 1.82) is 0 Å². The molecule has 0 radical (unpaired) electrons. The van der Waals surface area contributed by atoms with Gasteiger partial charge in [0.15, 0.2) is 17.4 Å². The van der Waals surface area contributed by atoms with Gasteiger partial charge >= 0.3 is 6.18 Å². The van der Waals surface area contributed by atoms with Crippen LogP contribution in [0.1, 0.15) is 37.7 Å². The van der Waals surface area contributed by atoms with Crippen LogP contribution in [0.3, 0.4) is 0 Å². The third-order valence-electron chi connectivity index (χ3n) is 8.70. The van der Waals surface area contributed by atoms with Crippen LogP contribution in [0.5, 0.6) is 11.5 Å². The summed E-state index contributed by atoms with van der Waals surface area (Å²) in [5.74, 6) is -2.93. The standard InChI is InChI=1S/C30H35F5N4O3Si/c1-43(2,3)12-11-40-18-39-15-20(29(6-4-7-29)30(33,34)35)24-23(5-10-36-26(24)39)42-25-21(31)13-19(14-22(25)32)38-27-37-16-28(8-9-28)17-41-27/h5,10,13-15H,4,6-9,11-12,16-18H2,1-3H3,(H,37,38). The highest BCUT2D eigenvalue weighted by Crippen LogP contribution is 2.57. The van der Waals surface area contributed by atoms with Gasteiger partial charge in [0.25, 0.3) is 6.02 Å². The quantitative estimate of drug-likeness (QED) is 0.149. The smallest absolute Gasteiger partial charge is 0.398 e. The predicted molar refractivity (Wildman–Crippen MR) is 155 cm³/mol. The first-order valence-corrected chi connectivity index (χ1v) is 18.2. The summed E-state index contributed by atoms with van der Waals surface area (Å²) < 4.78 is 92.9. The normalized spacial score (nSPS) is 19.1. The zero-order valence-corrected chi connectivity index (χ0v) is 25.4. The third-order valence-corrected chi connectivity index (χ3v) is 10.4. The molecule has 2 saturated carbocycles. The summed E-state index contributed by atoms with van der Waals surface area (Å²) in [6.45, 7) is 8.14. The highest BCUT2D eigenvalue weighted by Gasteiger charge is 2.60. The molecule has 2 fully saturated rings. The minimum absolute atomic E-state index is 0.0124. The molecule has 2 aliphatic carbocycles. The molecule has 1 aliphatic heterocycles. The number of amidine groups is 1. The molecule has 0 amide bonds. The maximum atomic E-state index is 15.3. The van der Waals surface area contributed by atoms with Gasteiger partial charge in [-0.25, -0.2) is 18.8 Å². The van der Waals surface area contributed by atoms with Gasteiger partial charge in [-0.3, -0.25) is 0 Å². The van der Waals surface area contributed by atoms with E-state index in [1.165, 1.54) is 23.0 Å². The van der Waals surface area contributed by atoms with Crippen LogP contribution in [0.4, 0.5) is 27.6 Å². The summed E-state index contributed by atoms with van der Waals surface area (Å²) in [4.78, 5) is 8.67. The van der Waals surface area contributed by atoms with Gasteiger partial charge < -0.3 is 24.1 Å². The summed E-state index contributed by atoms with van der Waals surface area (Å²) in [6.07, 6.45) is 0.504. The van der Waals surface area contributed by atoms with E-state index in [2.05, 4.69) is 34.9 Å². The van der Waals surface area contributed by atoms with Crippen LogP contribution in [-0.2, 0) is 21.6 Å². The number of alkyl halides is 3. The molecule has 6 rings (SSSR count). The van der Waals surface area contributed by atoms with Crippen LogP contribution in [0.2, 0.25) is 25.7 Å². The van der Waals surface area contributed by atoms with Crippen molar-refractivity contribution in [1.82, 2.24) is 9.55 Å².